The van der Waals surface area contributed by atoms with Crippen LogP contribution in [0.25, 0.3) is 5.69 Å². The summed E-state index contributed by atoms with van der Waals surface area (Å²) in [5.74, 6) is 0.842. The van der Waals surface area contributed by atoms with Crippen LogP contribution in [0.1, 0.15) is 17.4 Å². The lowest BCUT2D eigenvalue weighted by Crippen LogP contribution is -2.48. The Bertz CT molecular complexity index is 888. The molecule has 1 aliphatic heterocycles. The Morgan fingerprint density at radius 1 is 1.12 bits per heavy atom. The van der Waals surface area contributed by atoms with Crippen LogP contribution in [0.4, 0.5) is 0 Å². The molecule has 0 amide bonds. The van der Waals surface area contributed by atoms with Gasteiger partial charge >= 0.3 is 5.82 Å². The van der Waals surface area contributed by atoms with Gasteiger partial charge in [0.2, 0.25) is 6.33 Å². The molecule has 7 heteroatoms. The molecule has 0 saturated carbocycles. The van der Waals surface area contributed by atoms with Crippen LogP contribution in [-0.4, -0.2) is 16.4 Å². The molecule has 4 nitrogen and oxygen atoms in total. The molecule has 2 heterocycles. The quantitative estimate of drug-likeness (QED) is 0.614. The van der Waals surface area contributed by atoms with E-state index in [1.54, 1.807) is 16.8 Å². The van der Waals surface area contributed by atoms with Crippen LogP contribution in [0.15, 0.2) is 48.8 Å². The zero-order chi connectivity index (χ0) is 17.4. The van der Waals surface area contributed by atoms with E-state index in [-0.39, 0.29) is 6.04 Å². The molecular weight excluding hydrogens is 381 g/mol. The van der Waals surface area contributed by atoms with Crippen molar-refractivity contribution >= 4 is 34.8 Å². The van der Waals surface area contributed by atoms with Crippen molar-refractivity contribution in [3.63, 3.8) is 0 Å². The van der Waals surface area contributed by atoms with Gasteiger partial charge in [0.25, 0.3) is 0 Å². The number of ether oxygens (including phenoxy) is 1. The average Bonchev–Trinajstić information content (AvgIpc) is 2.99. The maximum absolute atomic E-state index is 6.33. The highest BCUT2D eigenvalue weighted by molar-refractivity contribution is 6.40. The second kappa shape index (κ2) is 6.96. The number of hydrogen-bond acceptors (Lipinski definition) is 2. The number of hydrogen-bond donors (Lipinski definition) is 0. The van der Waals surface area contributed by atoms with Crippen LogP contribution >= 0.6 is 34.8 Å². The van der Waals surface area contributed by atoms with Crippen molar-refractivity contribution < 1.29 is 9.30 Å². The van der Waals surface area contributed by atoms with Crippen molar-refractivity contribution in [2.45, 2.75) is 19.1 Å². The molecule has 0 spiro atoms. The van der Waals surface area contributed by atoms with Gasteiger partial charge in [0.15, 0.2) is 5.69 Å². The lowest BCUT2D eigenvalue weighted by atomic mass is 10.1. The van der Waals surface area contributed by atoms with Crippen molar-refractivity contribution in [3.8, 4) is 5.69 Å². The Kier molecular flexibility index (Phi) is 4.69. The van der Waals surface area contributed by atoms with Gasteiger partial charge in [-0.3, -0.25) is 0 Å². The van der Waals surface area contributed by atoms with E-state index < -0.39 is 0 Å². The van der Waals surface area contributed by atoms with Crippen molar-refractivity contribution in [1.29, 1.82) is 0 Å². The van der Waals surface area contributed by atoms with E-state index in [1.165, 1.54) is 5.56 Å². The smallest absolute Gasteiger partial charge is 0.304 e. The predicted octanol–water partition coefficient (Wildman–Crippen LogP) is 4.43. The normalized spacial score (nSPS) is 16.7. The maximum atomic E-state index is 6.33. The van der Waals surface area contributed by atoms with Crippen molar-refractivity contribution in [1.82, 2.24) is 9.78 Å². The second-order valence-corrected chi connectivity index (χ2v) is 7.21. The molecule has 0 radical (unpaired) electrons. The van der Waals surface area contributed by atoms with E-state index >= 15 is 0 Å². The number of benzene rings is 2. The van der Waals surface area contributed by atoms with Crippen molar-refractivity contribution in [2.75, 3.05) is 6.61 Å². The third-order valence-corrected chi connectivity index (χ3v) is 5.01. The maximum Gasteiger partial charge on any atom is 0.304 e. The molecule has 128 valence electrons. The fourth-order valence-corrected chi connectivity index (χ4v) is 4.06. The molecule has 0 N–H and O–H groups in total. The molecule has 0 saturated heterocycles. The summed E-state index contributed by atoms with van der Waals surface area (Å²) in [7, 11) is 0. The fourth-order valence-electron chi connectivity index (χ4n) is 3.07. The summed E-state index contributed by atoms with van der Waals surface area (Å²) in [5.41, 5.74) is 1.87. The van der Waals surface area contributed by atoms with Crippen LogP contribution in [0.5, 0.6) is 0 Å². The number of halogens is 3. The molecule has 0 unspecified atom stereocenters. The van der Waals surface area contributed by atoms with Gasteiger partial charge < -0.3 is 4.74 Å². The zero-order valence-corrected chi connectivity index (χ0v) is 15.5. The van der Waals surface area contributed by atoms with Gasteiger partial charge in [-0.05, 0) is 17.7 Å². The highest BCUT2D eigenvalue weighted by Gasteiger charge is 2.31. The highest BCUT2D eigenvalue weighted by atomic mass is 35.5. The van der Waals surface area contributed by atoms with Crippen molar-refractivity contribution in [3.05, 3.63) is 75.2 Å². The largest absolute Gasteiger partial charge is 0.367 e. The van der Waals surface area contributed by atoms with E-state index in [1.807, 2.05) is 24.5 Å². The molecule has 2 aromatic carbocycles. The van der Waals surface area contributed by atoms with Crippen LogP contribution in [-0.2, 0) is 17.8 Å². The van der Waals surface area contributed by atoms with Gasteiger partial charge in [0.05, 0.1) is 16.7 Å². The Morgan fingerprint density at radius 3 is 2.56 bits per heavy atom. The van der Waals surface area contributed by atoms with E-state index in [9.17, 15) is 0 Å². The summed E-state index contributed by atoms with van der Waals surface area (Å²) in [4.78, 5) is 0. The molecule has 4 rings (SSSR count). The summed E-state index contributed by atoms with van der Waals surface area (Å²) >= 11 is 18.7. The molecule has 1 aromatic heterocycles. The molecule has 3 aromatic rings. The highest BCUT2D eigenvalue weighted by Crippen LogP contribution is 2.31. The van der Waals surface area contributed by atoms with Crippen LogP contribution < -0.4 is 4.57 Å². The minimum atomic E-state index is 0.171. The minimum Gasteiger partial charge on any atom is -0.367 e. The predicted molar refractivity (Wildman–Crippen MR) is 97.6 cm³/mol. The third-order valence-electron chi connectivity index (χ3n) is 4.21. The third kappa shape index (κ3) is 3.40. The van der Waals surface area contributed by atoms with Gasteiger partial charge in [0.1, 0.15) is 12.6 Å². The van der Waals surface area contributed by atoms with Gasteiger partial charge in [-0.2, -0.15) is 0 Å². The molecule has 1 aliphatic rings. The second-order valence-electron chi connectivity index (χ2n) is 5.96. The molecule has 0 fully saturated rings. The summed E-state index contributed by atoms with van der Waals surface area (Å²) in [5, 5.41) is 6.01. The first kappa shape index (κ1) is 16.9. The molecular formula is C18H15Cl3N3O+. The first-order chi connectivity index (χ1) is 12.1. The fraction of sp³-hybridized carbons (Fsp3) is 0.222. The summed E-state index contributed by atoms with van der Waals surface area (Å²) in [6, 6.07) is 13.8. The zero-order valence-electron chi connectivity index (χ0n) is 13.2. The van der Waals surface area contributed by atoms with Crippen molar-refractivity contribution in [2.24, 2.45) is 0 Å². The lowest BCUT2D eigenvalue weighted by Gasteiger charge is -2.19. The SMILES string of the molecule is Clc1cc(Cl)c(-n2c[n+]3c(n2)COC[C@@H]3Cc2ccccc2)c(Cl)c1. The van der Waals surface area contributed by atoms with Gasteiger partial charge in [-0.25, -0.2) is 4.57 Å². The van der Waals surface area contributed by atoms with Gasteiger partial charge in [0, 0.05) is 16.5 Å². The number of rotatable bonds is 3. The van der Waals surface area contributed by atoms with E-state index in [4.69, 9.17) is 39.5 Å². The standard InChI is InChI=1S/C18H15Cl3N3O/c19-13-7-15(20)18(16(21)8-13)24-11-23-14(9-25-10-17(23)22-24)6-12-4-2-1-3-5-12/h1-5,7-8,11,14H,6,9-10H2/q+1/t14-/m0/s1. The first-order valence-corrected chi connectivity index (χ1v) is 9.01. The molecule has 1 atom stereocenters. The lowest BCUT2D eigenvalue weighted by molar-refractivity contribution is -0.742. The van der Waals surface area contributed by atoms with Gasteiger partial charge in [-0.1, -0.05) is 69.8 Å². The van der Waals surface area contributed by atoms with Crippen LogP contribution in [0.2, 0.25) is 15.1 Å². The van der Waals surface area contributed by atoms with Crippen LogP contribution in [0.3, 0.4) is 0 Å². The Hall–Kier alpha value is -1.59. The summed E-state index contributed by atoms with van der Waals surface area (Å²) in [6.45, 7) is 1.10. The van der Waals surface area contributed by atoms with Gasteiger partial charge in [-0.15, -0.1) is 0 Å². The van der Waals surface area contributed by atoms with E-state index in [2.05, 4.69) is 21.8 Å². The Labute approximate surface area is 160 Å². The summed E-state index contributed by atoms with van der Waals surface area (Å²) in [6.07, 6.45) is 2.79. The molecule has 0 aliphatic carbocycles. The average molecular weight is 396 g/mol. The first-order valence-electron chi connectivity index (χ1n) is 7.88. The Balaban J connectivity index is 1.71. The number of nitrogens with zero attached hydrogens (tertiary/aromatic N) is 3. The summed E-state index contributed by atoms with van der Waals surface area (Å²) < 4.78 is 9.56. The number of aromatic nitrogens is 3. The topological polar surface area (TPSA) is 30.9 Å². The molecule has 0 bridgehead atoms. The Morgan fingerprint density at radius 2 is 1.84 bits per heavy atom. The van der Waals surface area contributed by atoms with E-state index in [0.29, 0.717) is 34.0 Å². The molecule has 25 heavy (non-hydrogen) atoms. The van der Waals surface area contributed by atoms with E-state index in [0.717, 1.165) is 12.2 Å². The number of fused-ring (bicyclic) bond motifs is 1. The minimum absolute atomic E-state index is 0.171. The van der Waals surface area contributed by atoms with Crippen LogP contribution in [0, 0.1) is 0 Å². The monoisotopic (exact) mass is 394 g/mol.